The second-order valence-corrected chi connectivity index (χ2v) is 11.9. The van der Waals surface area contributed by atoms with E-state index < -0.39 is 47.3 Å². The van der Waals surface area contributed by atoms with Gasteiger partial charge in [0.1, 0.15) is 28.2 Å². The first-order valence-corrected chi connectivity index (χ1v) is 14.4. The third-order valence-corrected chi connectivity index (χ3v) is 9.31. The van der Waals surface area contributed by atoms with Crippen LogP contribution in [0.5, 0.6) is 0 Å². The monoisotopic (exact) mass is 591 g/mol. The van der Waals surface area contributed by atoms with Crippen LogP contribution < -0.4 is 16.0 Å². The summed E-state index contributed by atoms with van der Waals surface area (Å²) in [6.45, 7) is 1.83. The van der Waals surface area contributed by atoms with Crippen LogP contribution in [0.1, 0.15) is 16.6 Å². The molecule has 13 nitrogen and oxygen atoms in total. The van der Waals surface area contributed by atoms with Gasteiger partial charge in [0, 0.05) is 25.6 Å². The molecule has 2 aliphatic heterocycles. The summed E-state index contributed by atoms with van der Waals surface area (Å²) in [5, 5.41) is 25.6. The topological polar surface area (TPSA) is 174 Å². The first-order valence-electron chi connectivity index (χ1n) is 11.6. The van der Waals surface area contributed by atoms with Gasteiger partial charge in [-0.05, 0) is 18.1 Å². The molecule has 0 spiro atoms. The molecule has 1 saturated heterocycles. The predicted molar refractivity (Wildman–Crippen MR) is 145 cm³/mol. The van der Waals surface area contributed by atoms with Crippen molar-refractivity contribution in [3.05, 3.63) is 52.2 Å². The number of fused-ring (bicyclic) bond motifs is 1. The average Bonchev–Trinajstić information content (AvgIpc) is 3.36. The van der Waals surface area contributed by atoms with Crippen molar-refractivity contribution in [2.75, 3.05) is 25.6 Å². The summed E-state index contributed by atoms with van der Waals surface area (Å²) >= 11 is 4.10. The number of nitrogens with one attached hydrogen (secondary N) is 3. The molecule has 16 heteroatoms. The lowest BCUT2D eigenvalue weighted by Gasteiger charge is -2.49. The first-order chi connectivity index (χ1) is 18.6. The maximum atomic E-state index is 13.3. The lowest BCUT2D eigenvalue weighted by molar-refractivity contribution is -0.151. The number of urea groups is 2. The number of carboxylic acids is 1. The quantitative estimate of drug-likeness (QED) is 0.260. The number of rotatable bonds is 8. The number of aliphatic carboxylic acids is 1. The van der Waals surface area contributed by atoms with E-state index >= 15 is 0 Å². The van der Waals surface area contributed by atoms with Gasteiger partial charge in [-0.2, -0.15) is 0 Å². The Morgan fingerprint density at radius 1 is 1.21 bits per heavy atom. The van der Waals surface area contributed by atoms with Crippen molar-refractivity contribution in [1.29, 1.82) is 0 Å². The fraction of sp³-hybridized carbons (Fsp3) is 0.348. The van der Waals surface area contributed by atoms with Crippen LogP contribution in [0.15, 0.2) is 45.9 Å². The molecule has 206 valence electrons. The highest BCUT2D eigenvalue weighted by molar-refractivity contribution is 8.01. The van der Waals surface area contributed by atoms with Crippen LogP contribution in [-0.2, 0) is 14.4 Å². The Kier molecular flexibility index (Phi) is 8.76. The van der Waals surface area contributed by atoms with E-state index in [-0.39, 0.29) is 5.70 Å². The highest BCUT2D eigenvalue weighted by Gasteiger charge is 2.54. The van der Waals surface area contributed by atoms with Crippen molar-refractivity contribution in [3.8, 4) is 0 Å². The summed E-state index contributed by atoms with van der Waals surface area (Å²) in [6.07, 6.45) is 0. The molecule has 1 aromatic heterocycles. The van der Waals surface area contributed by atoms with Crippen molar-refractivity contribution in [2.45, 2.75) is 28.7 Å². The number of imide groups is 1. The number of benzene rings is 1. The maximum Gasteiger partial charge on any atom is 0.352 e. The molecule has 1 aromatic carbocycles. The third-order valence-electron chi connectivity index (χ3n) is 5.91. The van der Waals surface area contributed by atoms with Gasteiger partial charge in [-0.15, -0.1) is 22.0 Å². The molecule has 0 aliphatic carbocycles. The number of amides is 6. The zero-order chi connectivity index (χ0) is 28.3. The Balaban J connectivity index is 1.49. The largest absolute Gasteiger partial charge is 0.477 e. The summed E-state index contributed by atoms with van der Waals surface area (Å²) in [7, 11) is 2.62. The van der Waals surface area contributed by atoms with E-state index in [9.17, 15) is 29.1 Å². The van der Waals surface area contributed by atoms with E-state index in [1.807, 2.05) is 6.92 Å². The molecule has 6 amide bonds. The number of carbonyl (C=O) groups excluding carboxylic acids is 4. The van der Waals surface area contributed by atoms with E-state index in [4.69, 9.17) is 0 Å². The van der Waals surface area contributed by atoms with Gasteiger partial charge < -0.3 is 21.1 Å². The fourth-order valence-electron chi connectivity index (χ4n) is 3.94. The second kappa shape index (κ2) is 12.0. The summed E-state index contributed by atoms with van der Waals surface area (Å²) in [4.78, 5) is 65.0. The standard InChI is InChI=1S/C23H25N7O6S3/c1-11-27-28-23(39-11)38-10-13-9-37-19-15(18(32)30(19)16(13)20(33)34)25-17(31)14(12-7-5-4-6-8-12)26-22(36)29(3)21(35)24-2/h4-8,14-15,19H,9-10H2,1-3H3,(H,24,35)(H,25,31)(H,26,36)(H,33,34)/t14?,15?,19-/m0/s1. The fourth-order valence-corrected chi connectivity index (χ4v) is 7.24. The van der Waals surface area contributed by atoms with Crippen LogP contribution in [0, 0.1) is 6.92 Å². The minimum absolute atomic E-state index is 0.0944. The van der Waals surface area contributed by atoms with Gasteiger partial charge in [-0.1, -0.05) is 53.4 Å². The van der Waals surface area contributed by atoms with E-state index in [2.05, 4.69) is 26.1 Å². The molecule has 0 saturated carbocycles. The smallest absolute Gasteiger partial charge is 0.352 e. The summed E-state index contributed by atoms with van der Waals surface area (Å²) in [5.74, 6) is -1.78. The Morgan fingerprint density at radius 2 is 1.92 bits per heavy atom. The van der Waals surface area contributed by atoms with Crippen molar-refractivity contribution in [2.24, 2.45) is 0 Å². The molecule has 2 aliphatic rings. The maximum absolute atomic E-state index is 13.3. The summed E-state index contributed by atoms with van der Waals surface area (Å²) in [5.41, 5.74) is 0.917. The molecule has 39 heavy (non-hydrogen) atoms. The molecule has 2 unspecified atom stereocenters. The van der Waals surface area contributed by atoms with Gasteiger partial charge in [0.15, 0.2) is 4.34 Å². The van der Waals surface area contributed by atoms with Crippen LogP contribution in [0.25, 0.3) is 0 Å². The normalized spacial score (nSPS) is 18.9. The second-order valence-electron chi connectivity index (χ2n) is 8.44. The molecule has 4 N–H and O–H groups in total. The third kappa shape index (κ3) is 6.02. The summed E-state index contributed by atoms with van der Waals surface area (Å²) < 4.78 is 0.702. The van der Waals surface area contributed by atoms with Crippen LogP contribution in [0.2, 0.25) is 0 Å². The molecular weight excluding hydrogens is 566 g/mol. The molecule has 1 fully saturated rings. The number of thioether (sulfide) groups is 2. The molecule has 0 bridgehead atoms. The number of carboxylic acid groups (broad SMARTS) is 1. The van der Waals surface area contributed by atoms with E-state index in [0.29, 0.717) is 27.0 Å². The number of aryl methyl sites for hydroxylation is 1. The Morgan fingerprint density at radius 3 is 2.54 bits per heavy atom. The van der Waals surface area contributed by atoms with Gasteiger partial charge in [0.2, 0.25) is 5.91 Å². The highest BCUT2D eigenvalue weighted by atomic mass is 32.2. The zero-order valence-electron chi connectivity index (χ0n) is 21.0. The predicted octanol–water partition coefficient (Wildman–Crippen LogP) is 1.40. The van der Waals surface area contributed by atoms with E-state index in [1.165, 1.54) is 53.9 Å². The van der Waals surface area contributed by atoms with Gasteiger partial charge in [-0.3, -0.25) is 14.5 Å². The Labute approximate surface area is 235 Å². The lowest BCUT2D eigenvalue weighted by atomic mass is 10.0. The highest BCUT2D eigenvalue weighted by Crippen LogP contribution is 2.42. The van der Waals surface area contributed by atoms with Crippen LogP contribution in [-0.4, -0.2) is 92.0 Å². The number of β-lactam (4-membered cyclic amide) rings is 1. The van der Waals surface area contributed by atoms with Crippen molar-refractivity contribution >= 4 is 64.7 Å². The minimum atomic E-state index is -1.23. The van der Waals surface area contributed by atoms with Crippen LogP contribution in [0.3, 0.4) is 0 Å². The number of hydrogen-bond acceptors (Lipinski definition) is 10. The molecule has 0 radical (unpaired) electrons. The molecular formula is C23H25N7O6S3. The number of hydrogen-bond donors (Lipinski definition) is 4. The number of aromatic nitrogens is 2. The minimum Gasteiger partial charge on any atom is -0.477 e. The van der Waals surface area contributed by atoms with Gasteiger partial charge in [0.25, 0.3) is 5.91 Å². The van der Waals surface area contributed by atoms with Gasteiger partial charge >= 0.3 is 18.0 Å². The SMILES string of the molecule is CNC(=O)N(C)C(=O)NC(C(=O)NC1C(=O)N2C(C(=O)O)=C(CSc3nnc(C)s3)CS[C@@H]12)c1ccccc1. The van der Waals surface area contributed by atoms with E-state index in [1.54, 1.807) is 30.3 Å². The van der Waals surface area contributed by atoms with E-state index in [0.717, 1.165) is 9.91 Å². The number of carbonyl (C=O) groups is 5. The molecule has 3 atom stereocenters. The summed E-state index contributed by atoms with van der Waals surface area (Å²) in [6, 6.07) is 4.67. The zero-order valence-corrected chi connectivity index (χ0v) is 23.5. The molecule has 2 aromatic rings. The van der Waals surface area contributed by atoms with Gasteiger partial charge in [-0.25, -0.2) is 19.3 Å². The van der Waals surface area contributed by atoms with Crippen LogP contribution >= 0.6 is 34.9 Å². The average molecular weight is 592 g/mol. The van der Waals surface area contributed by atoms with Crippen molar-refractivity contribution in [3.63, 3.8) is 0 Å². The first kappa shape index (κ1) is 28.4. The lowest BCUT2D eigenvalue weighted by Crippen LogP contribution is -2.71. The molecule has 4 rings (SSSR count). The number of nitrogens with zero attached hydrogens (tertiary/aromatic N) is 4. The van der Waals surface area contributed by atoms with Crippen molar-refractivity contribution < 1.29 is 29.1 Å². The Hall–Kier alpha value is -3.63. The molecule has 3 heterocycles. The Bertz CT molecular complexity index is 1330. The van der Waals surface area contributed by atoms with Gasteiger partial charge in [0.05, 0.1) is 0 Å². The van der Waals surface area contributed by atoms with Crippen LogP contribution in [0.4, 0.5) is 9.59 Å². The van der Waals surface area contributed by atoms with Crippen molar-refractivity contribution in [1.82, 2.24) is 35.9 Å².